The van der Waals surface area contributed by atoms with Crippen LogP contribution in [0.5, 0.6) is 0 Å². The van der Waals surface area contributed by atoms with Gasteiger partial charge in [0.2, 0.25) is 0 Å². The SMILES string of the molecule is CC(=O)c1ccc(N2CCN(C(=O)NC3CCCCCC3)CC2)c(F)c1. The Morgan fingerprint density at radius 3 is 2.27 bits per heavy atom. The normalized spacial score (nSPS) is 19.2. The number of nitrogens with one attached hydrogen (secondary N) is 1. The molecule has 1 saturated heterocycles. The molecule has 1 aromatic carbocycles. The van der Waals surface area contributed by atoms with Gasteiger partial charge in [-0.15, -0.1) is 0 Å². The number of benzene rings is 1. The third-order valence-corrected chi connectivity index (χ3v) is 5.44. The lowest BCUT2D eigenvalue weighted by molar-refractivity contribution is 0.101. The predicted molar refractivity (Wildman–Crippen MR) is 100 cm³/mol. The van der Waals surface area contributed by atoms with Crippen molar-refractivity contribution in [1.82, 2.24) is 10.2 Å². The largest absolute Gasteiger partial charge is 0.366 e. The van der Waals surface area contributed by atoms with Gasteiger partial charge in [0.1, 0.15) is 5.82 Å². The predicted octanol–water partition coefficient (Wildman–Crippen LogP) is 3.58. The molecule has 0 unspecified atom stereocenters. The minimum atomic E-state index is -0.381. The Kier molecular flexibility index (Phi) is 6.12. The van der Waals surface area contributed by atoms with Gasteiger partial charge in [-0.25, -0.2) is 9.18 Å². The lowest BCUT2D eigenvalue weighted by atomic mass is 10.1. The number of carbonyl (C=O) groups excluding carboxylic acids is 2. The number of hydrogen-bond donors (Lipinski definition) is 1. The first-order valence-electron chi connectivity index (χ1n) is 9.65. The molecule has 1 aromatic rings. The first-order valence-corrected chi connectivity index (χ1v) is 9.65. The van der Waals surface area contributed by atoms with Gasteiger partial charge in [0.25, 0.3) is 0 Å². The highest BCUT2D eigenvalue weighted by molar-refractivity contribution is 5.94. The molecule has 3 rings (SSSR count). The number of carbonyl (C=O) groups is 2. The van der Waals surface area contributed by atoms with Crippen LogP contribution < -0.4 is 10.2 Å². The van der Waals surface area contributed by atoms with E-state index in [1.807, 2.05) is 9.80 Å². The summed E-state index contributed by atoms with van der Waals surface area (Å²) < 4.78 is 14.3. The molecule has 6 heteroatoms. The number of piperazine rings is 1. The molecule has 2 amide bonds. The average Bonchev–Trinajstić information content (AvgIpc) is 2.90. The van der Waals surface area contributed by atoms with Crippen molar-refractivity contribution in [1.29, 1.82) is 0 Å². The van der Waals surface area contributed by atoms with E-state index >= 15 is 0 Å². The van der Waals surface area contributed by atoms with Crippen molar-refractivity contribution in [3.8, 4) is 0 Å². The van der Waals surface area contributed by atoms with E-state index in [0.29, 0.717) is 43.5 Å². The van der Waals surface area contributed by atoms with E-state index in [1.165, 1.54) is 38.7 Å². The van der Waals surface area contributed by atoms with Crippen LogP contribution in [0.4, 0.5) is 14.9 Å². The molecular formula is C20H28FN3O2. The van der Waals surface area contributed by atoms with Gasteiger partial charge >= 0.3 is 6.03 Å². The quantitative estimate of drug-likeness (QED) is 0.661. The molecule has 2 aliphatic rings. The highest BCUT2D eigenvalue weighted by Crippen LogP contribution is 2.23. The molecule has 1 aliphatic carbocycles. The fourth-order valence-corrected chi connectivity index (χ4v) is 3.82. The molecule has 0 bridgehead atoms. The summed E-state index contributed by atoms with van der Waals surface area (Å²) in [6, 6.07) is 4.91. The zero-order chi connectivity index (χ0) is 18.5. The van der Waals surface area contributed by atoms with Gasteiger partial charge in [-0.1, -0.05) is 25.7 Å². The van der Waals surface area contributed by atoms with Crippen molar-refractivity contribution in [3.05, 3.63) is 29.6 Å². The van der Waals surface area contributed by atoms with Crippen LogP contribution in [-0.2, 0) is 0 Å². The molecule has 1 heterocycles. The summed E-state index contributed by atoms with van der Waals surface area (Å²) in [7, 11) is 0. The van der Waals surface area contributed by atoms with E-state index in [1.54, 1.807) is 12.1 Å². The van der Waals surface area contributed by atoms with Gasteiger partial charge in [0, 0.05) is 37.8 Å². The van der Waals surface area contributed by atoms with Gasteiger partial charge in [-0.05, 0) is 38.0 Å². The third kappa shape index (κ3) is 4.54. The summed E-state index contributed by atoms with van der Waals surface area (Å²) in [5, 5.41) is 3.17. The van der Waals surface area contributed by atoms with Gasteiger partial charge in [-0.3, -0.25) is 4.79 Å². The maximum absolute atomic E-state index is 14.3. The van der Waals surface area contributed by atoms with Crippen molar-refractivity contribution in [3.63, 3.8) is 0 Å². The first-order chi connectivity index (χ1) is 12.5. The zero-order valence-electron chi connectivity index (χ0n) is 15.5. The molecule has 0 atom stereocenters. The van der Waals surface area contributed by atoms with E-state index in [4.69, 9.17) is 0 Å². The van der Waals surface area contributed by atoms with E-state index < -0.39 is 0 Å². The maximum atomic E-state index is 14.3. The summed E-state index contributed by atoms with van der Waals surface area (Å²) in [5.74, 6) is -0.524. The van der Waals surface area contributed by atoms with Gasteiger partial charge < -0.3 is 15.1 Å². The monoisotopic (exact) mass is 361 g/mol. The van der Waals surface area contributed by atoms with Gasteiger partial charge in [0.15, 0.2) is 5.78 Å². The molecule has 0 aromatic heterocycles. The van der Waals surface area contributed by atoms with Crippen LogP contribution in [0.3, 0.4) is 0 Å². The van der Waals surface area contributed by atoms with Gasteiger partial charge in [-0.2, -0.15) is 0 Å². The van der Waals surface area contributed by atoms with Crippen molar-refractivity contribution in [2.45, 2.75) is 51.5 Å². The zero-order valence-corrected chi connectivity index (χ0v) is 15.5. The van der Waals surface area contributed by atoms with Crippen LogP contribution in [0.15, 0.2) is 18.2 Å². The van der Waals surface area contributed by atoms with Crippen LogP contribution in [-0.4, -0.2) is 48.9 Å². The molecule has 0 radical (unpaired) electrons. The molecule has 0 spiro atoms. The molecule has 26 heavy (non-hydrogen) atoms. The summed E-state index contributed by atoms with van der Waals surface area (Å²) in [6.45, 7) is 3.77. The van der Waals surface area contributed by atoms with Crippen molar-refractivity contribution in [2.75, 3.05) is 31.1 Å². The number of amides is 2. The maximum Gasteiger partial charge on any atom is 0.317 e. The molecular weight excluding hydrogens is 333 g/mol. The second kappa shape index (κ2) is 8.52. The molecule has 142 valence electrons. The fraction of sp³-hybridized carbons (Fsp3) is 0.600. The standard InChI is InChI=1S/C20H28FN3O2/c1-15(25)16-8-9-19(18(21)14-16)23-10-12-24(13-11-23)20(26)22-17-6-4-2-3-5-7-17/h8-9,14,17H,2-7,10-13H2,1H3,(H,22,26). The van der Waals surface area contributed by atoms with Crippen LogP contribution in [0, 0.1) is 5.82 Å². The molecule has 1 saturated carbocycles. The fourth-order valence-electron chi connectivity index (χ4n) is 3.82. The van der Waals surface area contributed by atoms with E-state index in [9.17, 15) is 14.0 Å². The number of urea groups is 1. The summed E-state index contributed by atoms with van der Waals surface area (Å²) in [4.78, 5) is 27.6. The second-order valence-electron chi connectivity index (χ2n) is 7.33. The van der Waals surface area contributed by atoms with E-state index in [-0.39, 0.29) is 17.6 Å². The lowest BCUT2D eigenvalue weighted by Gasteiger charge is -2.37. The average molecular weight is 361 g/mol. The molecule has 5 nitrogen and oxygen atoms in total. The van der Waals surface area contributed by atoms with E-state index in [0.717, 1.165) is 12.8 Å². The Morgan fingerprint density at radius 1 is 1.04 bits per heavy atom. The van der Waals surface area contributed by atoms with Crippen molar-refractivity contribution in [2.24, 2.45) is 0 Å². The Labute approximate surface area is 154 Å². The first kappa shape index (κ1) is 18.7. The summed E-state index contributed by atoms with van der Waals surface area (Å²) in [6.07, 6.45) is 7.04. The summed E-state index contributed by atoms with van der Waals surface area (Å²) in [5.41, 5.74) is 0.881. The number of hydrogen-bond acceptors (Lipinski definition) is 3. The number of rotatable bonds is 3. The van der Waals surface area contributed by atoms with Crippen LogP contribution >= 0.6 is 0 Å². The molecule has 2 fully saturated rings. The number of nitrogens with zero attached hydrogens (tertiary/aromatic N) is 2. The Balaban J connectivity index is 1.53. The molecule has 1 aliphatic heterocycles. The topological polar surface area (TPSA) is 52.7 Å². The number of anilines is 1. The second-order valence-corrected chi connectivity index (χ2v) is 7.33. The smallest absolute Gasteiger partial charge is 0.317 e. The highest BCUT2D eigenvalue weighted by atomic mass is 19.1. The Bertz CT molecular complexity index is 648. The minimum Gasteiger partial charge on any atom is -0.366 e. The summed E-state index contributed by atoms with van der Waals surface area (Å²) >= 11 is 0. The number of ketones is 1. The van der Waals surface area contributed by atoms with Crippen LogP contribution in [0.1, 0.15) is 55.8 Å². The highest BCUT2D eigenvalue weighted by Gasteiger charge is 2.25. The van der Waals surface area contributed by atoms with Crippen molar-refractivity contribution < 1.29 is 14.0 Å². The van der Waals surface area contributed by atoms with E-state index in [2.05, 4.69) is 5.32 Å². The van der Waals surface area contributed by atoms with Crippen molar-refractivity contribution >= 4 is 17.5 Å². The number of halogens is 1. The van der Waals surface area contributed by atoms with Crippen LogP contribution in [0.25, 0.3) is 0 Å². The third-order valence-electron chi connectivity index (χ3n) is 5.44. The lowest BCUT2D eigenvalue weighted by Crippen LogP contribution is -2.53. The Morgan fingerprint density at radius 2 is 1.69 bits per heavy atom. The van der Waals surface area contributed by atoms with Gasteiger partial charge in [0.05, 0.1) is 5.69 Å². The Hall–Kier alpha value is -2.11. The number of Topliss-reactive ketones (excluding diaryl/α,β-unsaturated/α-hetero) is 1. The minimum absolute atomic E-state index is 0.00366. The molecule has 1 N–H and O–H groups in total. The van der Waals surface area contributed by atoms with Crippen LogP contribution in [0.2, 0.25) is 0 Å².